The number of esters is 2. The van der Waals surface area contributed by atoms with Crippen LogP contribution < -0.4 is 14.8 Å². The van der Waals surface area contributed by atoms with Crippen molar-refractivity contribution in [2.75, 3.05) is 27.3 Å². The number of nitrogens with zero attached hydrogens (tertiary/aromatic N) is 2. The number of pyridine rings is 1. The van der Waals surface area contributed by atoms with Gasteiger partial charge in [-0.15, -0.1) is 0 Å². The number of amides is 1. The molecular formula is C43H46F9N3O7. The maximum Gasteiger partial charge on any atom is 0.417 e. The van der Waals surface area contributed by atoms with Gasteiger partial charge in [0.05, 0.1) is 48.6 Å². The zero-order chi connectivity index (χ0) is 45.1. The summed E-state index contributed by atoms with van der Waals surface area (Å²) in [7, 11) is 2.42. The molecule has 7 rings (SSSR count). The van der Waals surface area contributed by atoms with Crippen LogP contribution in [0, 0.1) is 11.8 Å². The monoisotopic (exact) mass is 887 g/mol. The molecule has 19 heteroatoms. The van der Waals surface area contributed by atoms with E-state index >= 15 is 0 Å². The average molecular weight is 888 g/mol. The summed E-state index contributed by atoms with van der Waals surface area (Å²) in [6, 6.07) is 7.66. The number of alkyl halides is 9. The maximum absolute atomic E-state index is 13.7. The summed E-state index contributed by atoms with van der Waals surface area (Å²) in [5.41, 5.74) is -6.51. The molecule has 1 aromatic heterocycles. The van der Waals surface area contributed by atoms with Crippen molar-refractivity contribution < 1.29 is 72.8 Å². The Morgan fingerprint density at radius 2 is 1.19 bits per heavy atom. The van der Waals surface area contributed by atoms with Gasteiger partial charge < -0.3 is 29.2 Å². The van der Waals surface area contributed by atoms with Gasteiger partial charge in [-0.3, -0.25) is 9.78 Å². The van der Waals surface area contributed by atoms with E-state index in [9.17, 15) is 53.9 Å². The lowest BCUT2D eigenvalue weighted by molar-refractivity contribution is -0.170. The number of carbonyl (C=O) groups excluding carboxylic acids is 3. The Morgan fingerprint density at radius 3 is 1.69 bits per heavy atom. The molecule has 1 amide bonds. The van der Waals surface area contributed by atoms with Crippen LogP contribution in [-0.4, -0.2) is 78.3 Å². The summed E-state index contributed by atoms with van der Waals surface area (Å²) in [4.78, 5) is 44.2. The summed E-state index contributed by atoms with van der Waals surface area (Å²) in [5.74, 6) is -1.46. The molecule has 338 valence electrons. The quantitative estimate of drug-likeness (QED) is 0.149. The van der Waals surface area contributed by atoms with Gasteiger partial charge in [0.15, 0.2) is 0 Å². The first-order valence-corrected chi connectivity index (χ1v) is 20.2. The van der Waals surface area contributed by atoms with Crippen LogP contribution in [0.3, 0.4) is 0 Å². The third-order valence-electron chi connectivity index (χ3n) is 11.7. The minimum atomic E-state index is -4.81. The Labute approximate surface area is 351 Å². The zero-order valence-corrected chi connectivity index (χ0v) is 33.8. The molecule has 3 aromatic rings. The second-order valence-corrected chi connectivity index (χ2v) is 16.0. The lowest BCUT2D eigenvalue weighted by Crippen LogP contribution is -2.65. The van der Waals surface area contributed by atoms with Crippen LogP contribution in [0.5, 0.6) is 11.5 Å². The number of hydrogen-bond donors (Lipinski definition) is 1. The number of benzene rings is 2. The van der Waals surface area contributed by atoms with Crippen molar-refractivity contribution in [3.8, 4) is 11.5 Å². The van der Waals surface area contributed by atoms with E-state index in [2.05, 4.69) is 10.3 Å². The van der Waals surface area contributed by atoms with Crippen LogP contribution in [0.4, 0.5) is 39.5 Å². The Morgan fingerprint density at radius 1 is 0.694 bits per heavy atom. The van der Waals surface area contributed by atoms with Gasteiger partial charge in [0, 0.05) is 31.8 Å². The highest BCUT2D eigenvalue weighted by Gasteiger charge is 2.57. The molecule has 1 N–H and O–H groups in total. The van der Waals surface area contributed by atoms with E-state index in [0.717, 1.165) is 101 Å². The topological polar surface area (TPSA) is 116 Å². The van der Waals surface area contributed by atoms with Gasteiger partial charge in [-0.2, -0.15) is 39.5 Å². The number of carbonyl (C=O) groups is 3. The molecule has 0 bridgehead atoms. The van der Waals surface area contributed by atoms with Crippen molar-refractivity contribution >= 4 is 17.8 Å². The lowest BCUT2D eigenvalue weighted by Gasteiger charge is -2.48. The van der Waals surface area contributed by atoms with Gasteiger partial charge in [-0.05, 0) is 98.7 Å². The Hall–Kier alpha value is -5.07. The summed E-state index contributed by atoms with van der Waals surface area (Å²) < 4.78 is 140. The number of nitrogens with one attached hydrogen (secondary N) is 1. The van der Waals surface area contributed by atoms with E-state index in [-0.39, 0.29) is 49.3 Å². The molecule has 2 aliphatic heterocycles. The summed E-state index contributed by atoms with van der Waals surface area (Å²) >= 11 is 0. The fourth-order valence-electron chi connectivity index (χ4n) is 8.21. The number of methoxy groups -OCH3 is 2. The number of rotatable bonds is 11. The van der Waals surface area contributed by atoms with Crippen molar-refractivity contribution in [1.29, 1.82) is 0 Å². The van der Waals surface area contributed by atoms with Gasteiger partial charge in [0.25, 0.3) is 5.91 Å². The van der Waals surface area contributed by atoms with Crippen LogP contribution in [0.25, 0.3) is 0 Å². The number of ether oxygens (including phenoxy) is 4. The third kappa shape index (κ3) is 10.6. The number of likely N-dealkylation sites (tertiary alicyclic amines) is 1. The molecule has 3 heterocycles. The van der Waals surface area contributed by atoms with Crippen LogP contribution in [0.1, 0.15) is 91.3 Å². The Kier molecular flexibility index (Phi) is 13.7. The number of hydrogen-bond acceptors (Lipinski definition) is 9. The van der Waals surface area contributed by atoms with E-state index in [0.29, 0.717) is 18.4 Å². The van der Waals surface area contributed by atoms with Crippen molar-refractivity contribution in [2.45, 2.75) is 106 Å². The fraction of sp³-hybridized carbons (Fsp3) is 0.535. The normalized spacial score (nSPS) is 24.3. The molecule has 0 unspecified atom stereocenters. The highest BCUT2D eigenvalue weighted by molar-refractivity contribution is 5.97. The summed E-state index contributed by atoms with van der Waals surface area (Å²) in [5, 5.41) is 3.35. The first kappa shape index (κ1) is 46.4. The smallest absolute Gasteiger partial charge is 0.417 e. The molecule has 62 heavy (non-hydrogen) atoms. The molecule has 0 spiro atoms. The minimum absolute atomic E-state index is 0.0531. The van der Waals surface area contributed by atoms with E-state index < -0.39 is 75.9 Å². The summed E-state index contributed by atoms with van der Waals surface area (Å²) in [6.45, 7) is 0.837. The second-order valence-electron chi connectivity index (χ2n) is 16.0. The van der Waals surface area contributed by atoms with Crippen LogP contribution in [0.15, 0.2) is 67.0 Å². The fourth-order valence-corrected chi connectivity index (χ4v) is 8.21. The van der Waals surface area contributed by atoms with E-state index in [1.54, 1.807) is 0 Å². The second kappa shape index (κ2) is 18.3. The van der Waals surface area contributed by atoms with Crippen LogP contribution >= 0.6 is 0 Å². The van der Waals surface area contributed by atoms with Crippen LogP contribution in [0.2, 0.25) is 0 Å². The Balaban J connectivity index is 0.000000223. The maximum atomic E-state index is 13.7. The molecule has 2 saturated heterocycles. The van der Waals surface area contributed by atoms with Crippen LogP contribution in [-0.2, 0) is 37.6 Å². The number of aromatic nitrogens is 1. The van der Waals surface area contributed by atoms with Crippen molar-refractivity contribution in [3.05, 3.63) is 89.2 Å². The van der Waals surface area contributed by atoms with Gasteiger partial charge in [-0.25, -0.2) is 9.59 Å². The predicted molar refractivity (Wildman–Crippen MR) is 203 cm³/mol. The third-order valence-corrected chi connectivity index (χ3v) is 11.7. The SMILES string of the molecule is COC(=O)[C@]1(Oc2ccc(C(F)(F)F)cc2)CCCN(C(=O)c2cnccc2C(F)(F)F)[C@@H]1CC1CC1.COC(=O)[C@]1(Oc2ccc(C(F)(F)F)cc2)CCCN[C@@H]1CC1CC1. The average Bonchev–Trinajstić information content (AvgIpc) is 4.19. The predicted octanol–water partition coefficient (Wildman–Crippen LogP) is 9.06. The van der Waals surface area contributed by atoms with E-state index in [4.69, 9.17) is 18.9 Å². The Bertz CT molecular complexity index is 2040. The van der Waals surface area contributed by atoms with Crippen molar-refractivity contribution in [2.24, 2.45) is 11.8 Å². The first-order valence-electron chi connectivity index (χ1n) is 20.2. The lowest BCUT2D eigenvalue weighted by atomic mass is 9.80. The minimum Gasteiger partial charge on any atom is -0.474 e. The standard InChI is InChI=1S/C25H24F6N2O4.C18H22F3NO3/c1-36-22(35)23(37-17-7-5-16(6-8-17)24(26,27)28)10-2-12-33(20(23)13-15-3-4-15)21(34)18-14-32-11-9-19(18)25(29,30)31;1-24-16(23)17(9-2-10-22-15(17)11-12-3-4-12)25-14-7-5-13(6-8-14)18(19,20)21/h5-9,11,14-15,20H,2-4,10,12-13H2,1H3;5-8,12,15,22H,2-4,9-11H2,1H3/t20-,23+;15-,17+/m11/s1. The molecule has 0 radical (unpaired) electrons. The van der Waals surface area contributed by atoms with Crippen molar-refractivity contribution in [1.82, 2.24) is 15.2 Å². The molecule has 2 aromatic carbocycles. The van der Waals surface area contributed by atoms with E-state index in [1.807, 2.05) is 0 Å². The largest absolute Gasteiger partial charge is 0.474 e. The van der Waals surface area contributed by atoms with Gasteiger partial charge in [-0.1, -0.05) is 25.7 Å². The zero-order valence-electron chi connectivity index (χ0n) is 33.8. The van der Waals surface area contributed by atoms with Crippen molar-refractivity contribution in [3.63, 3.8) is 0 Å². The first-order chi connectivity index (χ1) is 29.2. The van der Waals surface area contributed by atoms with Gasteiger partial charge >= 0.3 is 30.5 Å². The highest BCUT2D eigenvalue weighted by atomic mass is 19.4. The molecule has 2 aliphatic carbocycles. The number of piperidine rings is 2. The molecule has 2 saturated carbocycles. The molecule has 10 nitrogen and oxygen atoms in total. The summed E-state index contributed by atoms with van der Waals surface area (Å²) in [6.07, 6.45) is -5.65. The molecule has 4 aliphatic rings. The number of halogens is 9. The van der Waals surface area contributed by atoms with Gasteiger partial charge in [0.2, 0.25) is 11.2 Å². The molecular weight excluding hydrogens is 841 g/mol. The highest BCUT2D eigenvalue weighted by Crippen LogP contribution is 2.45. The van der Waals surface area contributed by atoms with E-state index in [1.165, 1.54) is 24.1 Å². The van der Waals surface area contributed by atoms with Gasteiger partial charge in [0.1, 0.15) is 11.5 Å². The molecule has 4 atom stereocenters. The molecule has 4 fully saturated rings.